The summed E-state index contributed by atoms with van der Waals surface area (Å²) in [7, 11) is -3.36. The molecule has 1 atom stereocenters. The molecule has 0 aliphatic carbocycles. The van der Waals surface area contributed by atoms with Gasteiger partial charge in [0.15, 0.2) is 0 Å². The largest absolute Gasteiger partial charge is 0.243 e. The van der Waals surface area contributed by atoms with Crippen LogP contribution in [-0.2, 0) is 10.0 Å². The third-order valence-electron chi connectivity index (χ3n) is 3.64. The maximum Gasteiger partial charge on any atom is 0.243 e. The maximum atomic E-state index is 12.7. The molecule has 19 heavy (non-hydrogen) atoms. The molecule has 0 unspecified atom stereocenters. The molecule has 0 radical (unpaired) electrons. The smallest absolute Gasteiger partial charge is 0.207 e. The number of hydrogen-bond acceptors (Lipinski definition) is 2. The number of hydrogen-bond donors (Lipinski definition) is 0. The fourth-order valence-corrected chi connectivity index (χ4v) is 4.27. The molecule has 0 saturated carbocycles. The molecule has 1 fully saturated rings. The first-order valence-electron chi connectivity index (χ1n) is 6.75. The Bertz CT molecular complexity index is 534. The Morgan fingerprint density at radius 2 is 2.00 bits per heavy atom. The first-order valence-corrected chi connectivity index (χ1v) is 8.19. The summed E-state index contributed by atoms with van der Waals surface area (Å²) in [6.07, 6.45) is 5.51. The zero-order valence-electron chi connectivity index (χ0n) is 11.4. The third-order valence-corrected chi connectivity index (χ3v) is 5.61. The minimum Gasteiger partial charge on any atom is -0.207 e. The molecule has 0 N–H and O–H groups in total. The lowest BCUT2D eigenvalue weighted by Gasteiger charge is -2.34. The van der Waals surface area contributed by atoms with Crippen molar-refractivity contribution in [2.45, 2.75) is 43.5 Å². The number of aryl methyl sites for hydroxylation is 1. The van der Waals surface area contributed by atoms with E-state index in [0.717, 1.165) is 31.2 Å². The van der Waals surface area contributed by atoms with Crippen LogP contribution in [0.2, 0.25) is 0 Å². The molecule has 1 heterocycles. The molecule has 2 rings (SSSR count). The molecule has 1 saturated heterocycles. The second kappa shape index (κ2) is 5.88. The number of rotatable bonds is 4. The lowest BCUT2D eigenvalue weighted by molar-refractivity contribution is 0.254. The van der Waals surface area contributed by atoms with Crippen molar-refractivity contribution in [1.82, 2.24) is 4.31 Å². The molecule has 0 spiro atoms. The van der Waals surface area contributed by atoms with E-state index in [9.17, 15) is 8.42 Å². The molecular weight excluding hydrogens is 258 g/mol. The van der Waals surface area contributed by atoms with Crippen molar-refractivity contribution in [3.63, 3.8) is 0 Å². The van der Waals surface area contributed by atoms with Crippen LogP contribution in [0, 0.1) is 6.92 Å². The van der Waals surface area contributed by atoms with Gasteiger partial charge in [-0.3, -0.25) is 0 Å². The molecule has 0 bridgehead atoms. The van der Waals surface area contributed by atoms with Gasteiger partial charge < -0.3 is 0 Å². The Morgan fingerprint density at radius 1 is 1.32 bits per heavy atom. The summed E-state index contributed by atoms with van der Waals surface area (Å²) >= 11 is 0. The molecule has 1 aliphatic rings. The summed E-state index contributed by atoms with van der Waals surface area (Å²) in [4.78, 5) is 0.397. The van der Waals surface area contributed by atoms with Gasteiger partial charge in [-0.25, -0.2) is 8.42 Å². The van der Waals surface area contributed by atoms with E-state index in [-0.39, 0.29) is 6.04 Å². The molecule has 1 aromatic rings. The molecule has 1 aromatic carbocycles. The van der Waals surface area contributed by atoms with Crippen LogP contribution >= 0.6 is 0 Å². The summed E-state index contributed by atoms with van der Waals surface area (Å²) in [5.41, 5.74) is 1.07. The van der Waals surface area contributed by atoms with E-state index in [2.05, 4.69) is 6.58 Å². The van der Waals surface area contributed by atoms with Crippen molar-refractivity contribution in [2.24, 2.45) is 0 Å². The van der Waals surface area contributed by atoms with E-state index < -0.39 is 10.0 Å². The van der Waals surface area contributed by atoms with Gasteiger partial charge in [-0.1, -0.05) is 30.2 Å². The normalized spacial score (nSPS) is 21.2. The van der Waals surface area contributed by atoms with Gasteiger partial charge in [0.05, 0.1) is 4.90 Å². The molecule has 0 aromatic heterocycles. The predicted octanol–water partition coefficient (Wildman–Crippen LogP) is 3.11. The topological polar surface area (TPSA) is 37.4 Å². The van der Waals surface area contributed by atoms with Crippen LogP contribution in [0.25, 0.3) is 0 Å². The highest BCUT2D eigenvalue weighted by Gasteiger charge is 2.32. The molecule has 1 aliphatic heterocycles. The van der Waals surface area contributed by atoms with Crippen molar-refractivity contribution in [3.05, 3.63) is 42.5 Å². The summed E-state index contributed by atoms with van der Waals surface area (Å²) < 4.78 is 27.0. The van der Waals surface area contributed by atoms with Crippen molar-refractivity contribution in [1.29, 1.82) is 0 Å². The highest BCUT2D eigenvalue weighted by atomic mass is 32.2. The fraction of sp³-hybridized carbons (Fsp3) is 0.467. The van der Waals surface area contributed by atoms with E-state index in [4.69, 9.17) is 0 Å². The van der Waals surface area contributed by atoms with Crippen molar-refractivity contribution < 1.29 is 8.42 Å². The molecular formula is C15H21NO2S. The van der Waals surface area contributed by atoms with Crippen LogP contribution in [0.5, 0.6) is 0 Å². The van der Waals surface area contributed by atoms with E-state index in [1.807, 2.05) is 25.1 Å². The zero-order valence-corrected chi connectivity index (χ0v) is 12.2. The van der Waals surface area contributed by atoms with Crippen LogP contribution in [0.1, 0.15) is 31.2 Å². The lowest BCUT2D eigenvalue weighted by atomic mass is 10.0. The average molecular weight is 279 g/mol. The summed E-state index contributed by atoms with van der Waals surface area (Å²) in [6, 6.07) is 7.16. The molecule has 4 heteroatoms. The summed E-state index contributed by atoms with van der Waals surface area (Å²) in [6.45, 7) is 6.31. The van der Waals surface area contributed by atoms with Crippen molar-refractivity contribution >= 4 is 10.0 Å². The van der Waals surface area contributed by atoms with E-state index in [1.165, 1.54) is 0 Å². The molecule has 3 nitrogen and oxygen atoms in total. The Morgan fingerprint density at radius 3 is 2.63 bits per heavy atom. The monoisotopic (exact) mass is 279 g/mol. The number of piperidine rings is 1. The Balaban J connectivity index is 2.31. The van der Waals surface area contributed by atoms with E-state index >= 15 is 0 Å². The fourth-order valence-electron chi connectivity index (χ4n) is 2.56. The second-order valence-corrected chi connectivity index (χ2v) is 6.99. The van der Waals surface area contributed by atoms with Gasteiger partial charge in [0.1, 0.15) is 0 Å². The van der Waals surface area contributed by atoms with E-state index in [0.29, 0.717) is 11.4 Å². The number of benzene rings is 1. The Labute approximate surface area is 116 Å². The van der Waals surface area contributed by atoms with Crippen LogP contribution in [0.3, 0.4) is 0 Å². The quantitative estimate of drug-likeness (QED) is 0.794. The number of nitrogens with zero attached hydrogens (tertiary/aromatic N) is 1. The Hall–Kier alpha value is -1.13. The maximum absolute atomic E-state index is 12.7. The summed E-state index contributed by atoms with van der Waals surface area (Å²) in [5.74, 6) is 0. The van der Waals surface area contributed by atoms with Crippen molar-refractivity contribution in [2.75, 3.05) is 6.54 Å². The van der Waals surface area contributed by atoms with Gasteiger partial charge in [0.25, 0.3) is 0 Å². The lowest BCUT2D eigenvalue weighted by Crippen LogP contribution is -2.43. The van der Waals surface area contributed by atoms with Gasteiger partial charge in [0, 0.05) is 12.6 Å². The van der Waals surface area contributed by atoms with Gasteiger partial charge in [-0.05, 0) is 38.3 Å². The standard InChI is InChI=1S/C15H21NO2S/c1-3-6-14-7-4-5-12-16(14)19(17,18)15-10-8-13(2)9-11-15/h3,8-11,14H,1,4-7,12H2,2H3/t14-/m0/s1. The first-order chi connectivity index (χ1) is 9.05. The van der Waals surface area contributed by atoms with Crippen LogP contribution in [0.15, 0.2) is 41.8 Å². The third kappa shape index (κ3) is 3.07. The minimum absolute atomic E-state index is 0.0672. The van der Waals surface area contributed by atoms with Crippen LogP contribution < -0.4 is 0 Å². The highest BCUT2D eigenvalue weighted by molar-refractivity contribution is 7.89. The predicted molar refractivity (Wildman–Crippen MR) is 77.5 cm³/mol. The van der Waals surface area contributed by atoms with Gasteiger partial charge in [-0.2, -0.15) is 4.31 Å². The molecule has 0 amide bonds. The average Bonchev–Trinajstić information content (AvgIpc) is 2.40. The first kappa shape index (κ1) is 14.3. The second-order valence-electron chi connectivity index (χ2n) is 5.10. The summed E-state index contributed by atoms with van der Waals surface area (Å²) in [5, 5.41) is 0. The van der Waals surface area contributed by atoms with Gasteiger partial charge in [-0.15, -0.1) is 6.58 Å². The van der Waals surface area contributed by atoms with Gasteiger partial charge >= 0.3 is 0 Å². The van der Waals surface area contributed by atoms with Gasteiger partial charge in [0.2, 0.25) is 10.0 Å². The van der Waals surface area contributed by atoms with Crippen LogP contribution in [0.4, 0.5) is 0 Å². The number of sulfonamides is 1. The minimum atomic E-state index is -3.36. The van der Waals surface area contributed by atoms with Crippen molar-refractivity contribution in [3.8, 4) is 0 Å². The van der Waals surface area contributed by atoms with Crippen LogP contribution in [-0.4, -0.2) is 25.3 Å². The highest BCUT2D eigenvalue weighted by Crippen LogP contribution is 2.27. The SMILES string of the molecule is C=CC[C@H]1CCCCN1S(=O)(=O)c1ccc(C)cc1. The van der Waals surface area contributed by atoms with E-state index in [1.54, 1.807) is 16.4 Å². The Kier molecular flexibility index (Phi) is 4.42. The molecule has 104 valence electrons. The zero-order chi connectivity index (χ0) is 13.9.